The number of carbonyl (C=O) groups excluding carboxylic acids is 2. The Bertz CT molecular complexity index is 297. The van der Waals surface area contributed by atoms with Crippen LogP contribution in [0.2, 0.25) is 0 Å². The Kier molecular flexibility index (Phi) is 5.59. The Morgan fingerprint density at radius 3 is 2.44 bits per heavy atom. The van der Waals surface area contributed by atoms with Gasteiger partial charge in [0.05, 0.1) is 0 Å². The summed E-state index contributed by atoms with van der Waals surface area (Å²) in [6.45, 7) is 5.76. The molecule has 1 aliphatic carbocycles. The van der Waals surface area contributed by atoms with Crippen LogP contribution >= 0.6 is 0 Å². The Balaban J connectivity index is 2.17. The minimum atomic E-state index is -0.240. The minimum Gasteiger partial charge on any atom is -0.349 e. The lowest BCUT2D eigenvalue weighted by Gasteiger charge is -2.24. The highest BCUT2D eigenvalue weighted by Gasteiger charge is 2.23. The molecule has 0 spiro atoms. The summed E-state index contributed by atoms with van der Waals surface area (Å²) < 4.78 is 0. The van der Waals surface area contributed by atoms with Crippen LogP contribution < -0.4 is 10.8 Å². The van der Waals surface area contributed by atoms with Crippen LogP contribution in [0.3, 0.4) is 0 Å². The van der Waals surface area contributed by atoms with Crippen molar-refractivity contribution >= 4 is 11.8 Å². The number of nitrogens with one attached hydrogen (secondary N) is 2. The van der Waals surface area contributed by atoms with E-state index in [2.05, 4.69) is 10.8 Å². The molecule has 0 aromatic carbocycles. The van der Waals surface area contributed by atoms with Crippen LogP contribution in [-0.4, -0.2) is 24.0 Å². The molecular weight excluding hydrogens is 232 g/mol. The predicted octanol–water partition coefficient (Wildman–Crippen LogP) is 1.53. The number of hydrogen-bond donors (Lipinski definition) is 2. The van der Waals surface area contributed by atoms with Crippen LogP contribution in [0, 0.1) is 5.92 Å². The van der Waals surface area contributed by atoms with Crippen LogP contribution in [0.15, 0.2) is 0 Å². The summed E-state index contributed by atoms with van der Waals surface area (Å²) in [6.07, 6.45) is 4.88. The molecule has 0 unspecified atom stereocenters. The van der Waals surface area contributed by atoms with Gasteiger partial charge in [0, 0.05) is 11.5 Å². The van der Waals surface area contributed by atoms with Gasteiger partial charge >= 0.3 is 0 Å². The van der Waals surface area contributed by atoms with Crippen molar-refractivity contribution in [2.45, 2.75) is 58.4 Å². The fraction of sp³-hybridized carbons (Fsp3) is 0.846. The largest absolute Gasteiger partial charge is 0.349 e. The third-order valence-corrected chi connectivity index (χ3v) is 3.46. The maximum absolute atomic E-state index is 11.6. The zero-order chi connectivity index (χ0) is 13.6. The molecule has 0 aromatic heterocycles. The molecule has 1 saturated carbocycles. The lowest BCUT2D eigenvalue weighted by atomic mass is 10.0. The second-order valence-electron chi connectivity index (χ2n) is 5.52. The topological polar surface area (TPSA) is 67.4 Å². The fourth-order valence-electron chi connectivity index (χ4n) is 1.95. The molecule has 2 N–H and O–H groups in total. The summed E-state index contributed by atoms with van der Waals surface area (Å²) in [5.41, 5.74) is 2.12. The maximum Gasteiger partial charge on any atom is 0.249 e. The van der Waals surface area contributed by atoms with E-state index in [1.54, 1.807) is 0 Å². The molecule has 2 amide bonds. The highest BCUT2D eigenvalue weighted by Crippen LogP contribution is 2.24. The number of hydrogen-bond acceptors (Lipinski definition) is 3. The quantitative estimate of drug-likeness (QED) is 0.708. The van der Waals surface area contributed by atoms with Gasteiger partial charge in [-0.1, -0.05) is 19.8 Å². The van der Waals surface area contributed by atoms with Gasteiger partial charge in [-0.05, 0) is 33.1 Å². The molecule has 0 aliphatic heterocycles. The van der Waals surface area contributed by atoms with Crippen molar-refractivity contribution in [3.63, 3.8) is 0 Å². The van der Waals surface area contributed by atoms with E-state index in [-0.39, 0.29) is 29.9 Å². The van der Waals surface area contributed by atoms with Gasteiger partial charge in [-0.3, -0.25) is 14.4 Å². The molecule has 1 rings (SSSR count). The molecule has 0 radical (unpaired) electrons. The van der Waals surface area contributed by atoms with E-state index in [0.29, 0.717) is 0 Å². The van der Waals surface area contributed by atoms with Gasteiger partial charge in [-0.15, -0.1) is 0 Å². The van der Waals surface area contributed by atoms with Gasteiger partial charge in [-0.25, -0.2) is 5.48 Å². The van der Waals surface area contributed by atoms with Crippen LogP contribution in [0.1, 0.15) is 52.9 Å². The Hall–Kier alpha value is -1.10. The van der Waals surface area contributed by atoms with Crippen molar-refractivity contribution < 1.29 is 14.4 Å². The third-order valence-electron chi connectivity index (χ3n) is 3.46. The fourth-order valence-corrected chi connectivity index (χ4v) is 1.95. The van der Waals surface area contributed by atoms with E-state index < -0.39 is 0 Å². The van der Waals surface area contributed by atoms with E-state index in [1.807, 2.05) is 20.8 Å². The molecule has 18 heavy (non-hydrogen) atoms. The van der Waals surface area contributed by atoms with Gasteiger partial charge in [0.25, 0.3) is 0 Å². The average Bonchev–Trinajstić information content (AvgIpc) is 2.81. The highest BCUT2D eigenvalue weighted by molar-refractivity contribution is 5.79. The van der Waals surface area contributed by atoms with Crippen LogP contribution in [-0.2, 0) is 14.4 Å². The zero-order valence-electron chi connectivity index (χ0n) is 11.5. The molecule has 1 aliphatic rings. The lowest BCUT2D eigenvalue weighted by molar-refractivity contribution is -0.142. The molecular formula is C13H24N2O3. The first kappa shape index (κ1) is 15.0. The van der Waals surface area contributed by atoms with Crippen molar-refractivity contribution in [2.75, 3.05) is 6.61 Å². The van der Waals surface area contributed by atoms with Gasteiger partial charge < -0.3 is 5.32 Å². The van der Waals surface area contributed by atoms with E-state index >= 15 is 0 Å². The van der Waals surface area contributed by atoms with E-state index in [0.717, 1.165) is 32.1 Å². The first-order valence-corrected chi connectivity index (χ1v) is 6.67. The highest BCUT2D eigenvalue weighted by atomic mass is 16.7. The minimum absolute atomic E-state index is 0.0557. The molecule has 0 aromatic rings. The third kappa shape index (κ3) is 5.04. The summed E-state index contributed by atoms with van der Waals surface area (Å²) in [6, 6.07) is 0. The standard InChI is InChI=1S/C13H24N2O3/c1-4-13(2,3)14-11(16)9-18-15-12(17)10-7-5-6-8-10/h10H,4-9H2,1-3H3,(H,14,16)(H,15,17). The summed E-state index contributed by atoms with van der Waals surface area (Å²) in [5.74, 6) is -0.260. The molecule has 0 saturated heterocycles. The summed E-state index contributed by atoms with van der Waals surface area (Å²) in [7, 11) is 0. The molecule has 0 heterocycles. The zero-order valence-corrected chi connectivity index (χ0v) is 11.5. The predicted molar refractivity (Wildman–Crippen MR) is 68.6 cm³/mol. The maximum atomic E-state index is 11.6. The molecule has 5 heteroatoms. The molecule has 1 fully saturated rings. The smallest absolute Gasteiger partial charge is 0.249 e. The number of hydroxylamine groups is 1. The SMILES string of the molecule is CCC(C)(C)NC(=O)CONC(=O)C1CCCC1. The number of amides is 2. The van der Waals surface area contributed by atoms with Gasteiger partial charge in [0.15, 0.2) is 6.61 Å². The lowest BCUT2D eigenvalue weighted by Crippen LogP contribution is -2.45. The van der Waals surface area contributed by atoms with Crippen molar-refractivity contribution in [1.82, 2.24) is 10.8 Å². The van der Waals surface area contributed by atoms with Crippen LogP contribution in [0.4, 0.5) is 0 Å². The van der Waals surface area contributed by atoms with E-state index in [4.69, 9.17) is 4.84 Å². The van der Waals surface area contributed by atoms with E-state index in [1.165, 1.54) is 0 Å². The van der Waals surface area contributed by atoms with Crippen molar-refractivity contribution in [3.05, 3.63) is 0 Å². The van der Waals surface area contributed by atoms with Crippen molar-refractivity contribution in [3.8, 4) is 0 Å². The average molecular weight is 256 g/mol. The summed E-state index contributed by atoms with van der Waals surface area (Å²) in [4.78, 5) is 28.1. The van der Waals surface area contributed by atoms with Crippen LogP contribution in [0.5, 0.6) is 0 Å². The molecule has 0 atom stereocenters. The van der Waals surface area contributed by atoms with E-state index in [9.17, 15) is 9.59 Å². The van der Waals surface area contributed by atoms with Gasteiger partial charge in [0.2, 0.25) is 11.8 Å². The summed E-state index contributed by atoms with van der Waals surface area (Å²) >= 11 is 0. The Morgan fingerprint density at radius 1 is 1.28 bits per heavy atom. The van der Waals surface area contributed by atoms with Gasteiger partial charge in [-0.2, -0.15) is 0 Å². The number of carbonyl (C=O) groups is 2. The normalized spacial score (nSPS) is 16.6. The van der Waals surface area contributed by atoms with Crippen LogP contribution in [0.25, 0.3) is 0 Å². The molecule has 5 nitrogen and oxygen atoms in total. The first-order valence-electron chi connectivity index (χ1n) is 6.67. The monoisotopic (exact) mass is 256 g/mol. The number of rotatable bonds is 6. The first-order chi connectivity index (χ1) is 8.44. The summed E-state index contributed by atoms with van der Waals surface area (Å²) in [5, 5.41) is 2.83. The second kappa shape index (κ2) is 6.73. The Morgan fingerprint density at radius 2 is 1.89 bits per heavy atom. The Labute approximate surface area is 109 Å². The molecule has 0 bridgehead atoms. The second-order valence-corrected chi connectivity index (χ2v) is 5.52. The van der Waals surface area contributed by atoms with Crippen molar-refractivity contribution in [1.29, 1.82) is 0 Å². The molecule has 104 valence electrons. The van der Waals surface area contributed by atoms with Gasteiger partial charge in [0.1, 0.15) is 0 Å². The van der Waals surface area contributed by atoms with Crippen molar-refractivity contribution in [2.24, 2.45) is 5.92 Å².